The maximum absolute atomic E-state index is 5.35. The van der Waals surface area contributed by atoms with E-state index in [0.717, 1.165) is 5.75 Å². The predicted octanol–water partition coefficient (Wildman–Crippen LogP) is 5.19. The molecule has 2 heteroatoms. The zero-order valence-electron chi connectivity index (χ0n) is 11.4. The van der Waals surface area contributed by atoms with E-state index in [9.17, 15) is 0 Å². The van der Waals surface area contributed by atoms with Crippen molar-refractivity contribution in [1.82, 2.24) is 0 Å². The summed E-state index contributed by atoms with van der Waals surface area (Å²) in [7, 11) is 1.71. The molecule has 19 heavy (non-hydrogen) atoms. The largest absolute Gasteiger partial charge is 0.497 e. The molecule has 2 aromatic carbocycles. The van der Waals surface area contributed by atoms with Crippen molar-refractivity contribution < 1.29 is 4.74 Å². The van der Waals surface area contributed by atoms with Gasteiger partial charge in [-0.25, -0.2) is 0 Å². The van der Waals surface area contributed by atoms with Crippen molar-refractivity contribution in [3.8, 4) is 16.9 Å². The molecule has 0 saturated carbocycles. The van der Waals surface area contributed by atoms with Crippen molar-refractivity contribution >= 4 is 21.4 Å². The van der Waals surface area contributed by atoms with Gasteiger partial charge in [0.1, 0.15) is 5.75 Å². The van der Waals surface area contributed by atoms with Crippen molar-refractivity contribution in [2.24, 2.45) is 0 Å². The number of thiophene rings is 1. The quantitative estimate of drug-likeness (QED) is 0.621. The van der Waals surface area contributed by atoms with Crippen LogP contribution in [-0.4, -0.2) is 7.11 Å². The fourth-order valence-corrected chi connectivity index (χ4v) is 3.40. The maximum Gasteiger partial charge on any atom is 0.119 e. The normalized spacial score (nSPS) is 10.9. The standard InChI is InChI=1S/C17H16OS/c1-11-4-6-14(18-3)10-16(11)15-7-5-13-8-9-19-17(13)12(15)2/h4-10H,1-3H3. The van der Waals surface area contributed by atoms with Crippen molar-refractivity contribution in [3.05, 3.63) is 52.9 Å². The van der Waals surface area contributed by atoms with Crippen LogP contribution >= 0.6 is 11.3 Å². The van der Waals surface area contributed by atoms with Gasteiger partial charge < -0.3 is 4.74 Å². The van der Waals surface area contributed by atoms with Gasteiger partial charge in [0.2, 0.25) is 0 Å². The highest BCUT2D eigenvalue weighted by Gasteiger charge is 2.10. The van der Waals surface area contributed by atoms with Crippen LogP contribution in [0.15, 0.2) is 41.8 Å². The molecule has 0 fully saturated rings. The summed E-state index contributed by atoms with van der Waals surface area (Å²) >= 11 is 1.81. The molecule has 1 nitrogen and oxygen atoms in total. The number of ether oxygens (including phenoxy) is 1. The van der Waals surface area contributed by atoms with Crippen LogP contribution in [0.5, 0.6) is 5.75 Å². The number of fused-ring (bicyclic) bond motifs is 1. The van der Waals surface area contributed by atoms with Gasteiger partial charge in [-0.2, -0.15) is 0 Å². The fourth-order valence-electron chi connectivity index (χ4n) is 2.49. The highest BCUT2D eigenvalue weighted by atomic mass is 32.1. The Morgan fingerprint density at radius 1 is 0.947 bits per heavy atom. The Bertz CT molecular complexity index is 740. The minimum absolute atomic E-state index is 0.909. The van der Waals surface area contributed by atoms with E-state index in [0.29, 0.717) is 0 Å². The number of hydrogen-bond acceptors (Lipinski definition) is 2. The summed E-state index contributed by atoms with van der Waals surface area (Å²) in [6.45, 7) is 4.35. The van der Waals surface area contributed by atoms with Crippen LogP contribution in [0.2, 0.25) is 0 Å². The topological polar surface area (TPSA) is 9.23 Å². The Morgan fingerprint density at radius 3 is 2.58 bits per heavy atom. The molecule has 0 unspecified atom stereocenters. The first kappa shape index (κ1) is 12.2. The van der Waals surface area contributed by atoms with E-state index >= 15 is 0 Å². The molecule has 0 bridgehead atoms. The molecule has 1 heterocycles. The fraction of sp³-hybridized carbons (Fsp3) is 0.176. The first-order chi connectivity index (χ1) is 9.20. The van der Waals surface area contributed by atoms with E-state index in [1.54, 1.807) is 7.11 Å². The third-order valence-electron chi connectivity index (χ3n) is 3.60. The molecule has 0 aliphatic heterocycles. The van der Waals surface area contributed by atoms with E-state index in [2.05, 4.69) is 49.6 Å². The Hall–Kier alpha value is -1.80. The summed E-state index contributed by atoms with van der Waals surface area (Å²) in [6.07, 6.45) is 0. The van der Waals surface area contributed by atoms with E-state index in [-0.39, 0.29) is 0 Å². The lowest BCUT2D eigenvalue weighted by molar-refractivity contribution is 0.415. The average Bonchev–Trinajstić information content (AvgIpc) is 2.90. The molecule has 1 aromatic heterocycles. The summed E-state index contributed by atoms with van der Waals surface area (Å²) in [4.78, 5) is 0. The molecule has 0 N–H and O–H groups in total. The summed E-state index contributed by atoms with van der Waals surface area (Å²) in [5, 5.41) is 3.48. The lowest BCUT2D eigenvalue weighted by atomic mass is 9.95. The second kappa shape index (κ2) is 4.71. The Labute approximate surface area is 117 Å². The number of benzene rings is 2. The molecule has 0 saturated heterocycles. The molecule has 96 valence electrons. The molecule has 3 aromatic rings. The van der Waals surface area contributed by atoms with Crippen LogP contribution in [0, 0.1) is 13.8 Å². The number of methoxy groups -OCH3 is 1. The molecule has 0 spiro atoms. The average molecular weight is 268 g/mol. The monoisotopic (exact) mass is 268 g/mol. The lowest BCUT2D eigenvalue weighted by Gasteiger charge is -2.12. The van der Waals surface area contributed by atoms with E-state index in [4.69, 9.17) is 4.74 Å². The van der Waals surface area contributed by atoms with Crippen LogP contribution in [0.25, 0.3) is 21.2 Å². The first-order valence-corrected chi connectivity index (χ1v) is 7.20. The highest BCUT2D eigenvalue weighted by molar-refractivity contribution is 7.17. The van der Waals surface area contributed by atoms with Crippen LogP contribution in [-0.2, 0) is 0 Å². The Balaban J connectivity index is 2.26. The van der Waals surface area contributed by atoms with Crippen LogP contribution in [0.4, 0.5) is 0 Å². The zero-order chi connectivity index (χ0) is 13.4. The molecule has 0 atom stereocenters. The predicted molar refractivity (Wildman–Crippen MR) is 83.3 cm³/mol. The molecular weight excluding hydrogens is 252 g/mol. The van der Waals surface area contributed by atoms with Crippen LogP contribution < -0.4 is 4.74 Å². The molecular formula is C17H16OS. The summed E-state index contributed by atoms with van der Waals surface area (Å²) in [6, 6.07) is 12.8. The van der Waals surface area contributed by atoms with Gasteiger partial charge in [0, 0.05) is 4.70 Å². The summed E-state index contributed by atoms with van der Waals surface area (Å²) < 4.78 is 6.72. The van der Waals surface area contributed by atoms with Crippen molar-refractivity contribution in [3.63, 3.8) is 0 Å². The third-order valence-corrected chi connectivity index (χ3v) is 4.65. The van der Waals surface area contributed by atoms with Gasteiger partial charge >= 0.3 is 0 Å². The second-order valence-corrected chi connectivity index (χ2v) is 5.67. The van der Waals surface area contributed by atoms with Gasteiger partial charge in [-0.15, -0.1) is 11.3 Å². The van der Waals surface area contributed by atoms with Gasteiger partial charge in [-0.05, 0) is 65.1 Å². The Kier molecular flexibility index (Phi) is 3.03. The van der Waals surface area contributed by atoms with Crippen molar-refractivity contribution in [1.29, 1.82) is 0 Å². The second-order valence-electron chi connectivity index (χ2n) is 4.76. The number of hydrogen-bond donors (Lipinski definition) is 0. The molecule has 0 aliphatic rings. The van der Waals surface area contributed by atoms with Gasteiger partial charge in [-0.1, -0.05) is 18.2 Å². The van der Waals surface area contributed by atoms with Crippen LogP contribution in [0.1, 0.15) is 11.1 Å². The number of rotatable bonds is 2. The minimum Gasteiger partial charge on any atom is -0.497 e. The third kappa shape index (κ3) is 2.02. The van der Waals surface area contributed by atoms with Crippen LogP contribution in [0.3, 0.4) is 0 Å². The molecule has 0 radical (unpaired) electrons. The zero-order valence-corrected chi connectivity index (χ0v) is 12.2. The first-order valence-electron chi connectivity index (χ1n) is 6.32. The van der Waals surface area contributed by atoms with E-state index < -0.39 is 0 Å². The number of aryl methyl sites for hydroxylation is 2. The lowest BCUT2D eigenvalue weighted by Crippen LogP contribution is -1.89. The van der Waals surface area contributed by atoms with Gasteiger partial charge in [-0.3, -0.25) is 0 Å². The molecule has 3 rings (SSSR count). The minimum atomic E-state index is 0.909. The summed E-state index contributed by atoms with van der Waals surface area (Å²) in [5.74, 6) is 0.909. The van der Waals surface area contributed by atoms with Crippen molar-refractivity contribution in [2.75, 3.05) is 7.11 Å². The summed E-state index contributed by atoms with van der Waals surface area (Å²) in [5.41, 5.74) is 5.18. The smallest absolute Gasteiger partial charge is 0.119 e. The molecule has 0 amide bonds. The van der Waals surface area contributed by atoms with Gasteiger partial charge in [0.05, 0.1) is 7.11 Å². The highest BCUT2D eigenvalue weighted by Crippen LogP contribution is 2.35. The van der Waals surface area contributed by atoms with E-state index in [1.165, 1.54) is 32.3 Å². The molecule has 0 aliphatic carbocycles. The maximum atomic E-state index is 5.35. The Morgan fingerprint density at radius 2 is 1.79 bits per heavy atom. The SMILES string of the molecule is COc1ccc(C)c(-c2ccc3ccsc3c2C)c1. The van der Waals surface area contributed by atoms with Crippen molar-refractivity contribution in [2.45, 2.75) is 13.8 Å². The van der Waals surface area contributed by atoms with E-state index in [1.807, 2.05) is 17.4 Å². The van der Waals surface area contributed by atoms with Gasteiger partial charge in [0.15, 0.2) is 0 Å². The van der Waals surface area contributed by atoms with Gasteiger partial charge in [0.25, 0.3) is 0 Å².